The number of benzene rings is 3. The maximum absolute atomic E-state index is 13.0. The number of allylic oxidation sites excluding steroid dienone is 3. The summed E-state index contributed by atoms with van der Waals surface area (Å²) in [6.07, 6.45) is 1.82. The van der Waals surface area contributed by atoms with E-state index in [9.17, 15) is 20.0 Å². The van der Waals surface area contributed by atoms with Crippen LogP contribution in [0.25, 0.3) is 10.8 Å². The molecule has 8 heteroatoms. The zero-order valence-electron chi connectivity index (χ0n) is 20.2. The number of nitrogens with zero attached hydrogens (tertiary/aromatic N) is 1. The van der Waals surface area contributed by atoms with Crippen molar-refractivity contribution in [3.63, 3.8) is 0 Å². The molecule has 0 fully saturated rings. The van der Waals surface area contributed by atoms with Crippen molar-refractivity contribution in [3.8, 4) is 17.6 Å². The fraction of sp³-hybridized carbons (Fsp3) is 0.207. The van der Waals surface area contributed by atoms with Crippen molar-refractivity contribution in [1.82, 2.24) is 5.32 Å². The number of anilines is 1. The molecule has 0 spiro atoms. The van der Waals surface area contributed by atoms with Crippen LogP contribution < -0.4 is 15.4 Å². The highest BCUT2D eigenvalue weighted by Gasteiger charge is 2.37. The van der Waals surface area contributed by atoms with E-state index in [2.05, 4.69) is 16.7 Å². The topological polar surface area (TPSA) is 111 Å². The number of carbonyl (C=O) groups is 2. The van der Waals surface area contributed by atoms with Gasteiger partial charge in [-0.3, -0.25) is 9.59 Å². The summed E-state index contributed by atoms with van der Waals surface area (Å²) < 4.78 is 5.28. The third-order valence-corrected chi connectivity index (χ3v) is 7.63. The van der Waals surface area contributed by atoms with Gasteiger partial charge >= 0.3 is 0 Å². The fourth-order valence-electron chi connectivity index (χ4n) is 4.90. The molecule has 0 radical (unpaired) electrons. The van der Waals surface area contributed by atoms with E-state index in [1.54, 1.807) is 12.1 Å². The van der Waals surface area contributed by atoms with Gasteiger partial charge in [0.1, 0.15) is 0 Å². The Morgan fingerprint density at radius 3 is 2.81 bits per heavy atom. The Morgan fingerprint density at radius 1 is 1.19 bits per heavy atom. The van der Waals surface area contributed by atoms with Crippen molar-refractivity contribution < 1.29 is 19.4 Å². The van der Waals surface area contributed by atoms with Crippen molar-refractivity contribution in [2.45, 2.75) is 25.2 Å². The van der Waals surface area contributed by atoms with Crippen molar-refractivity contribution in [3.05, 3.63) is 88.1 Å². The normalized spacial score (nSPS) is 17.2. The lowest BCUT2D eigenvalue weighted by molar-refractivity contribution is -0.116. The summed E-state index contributed by atoms with van der Waals surface area (Å²) in [6, 6.07) is 20.7. The van der Waals surface area contributed by atoms with Crippen molar-refractivity contribution in [2.75, 3.05) is 18.2 Å². The van der Waals surface area contributed by atoms with Gasteiger partial charge in [0, 0.05) is 28.8 Å². The number of methoxy groups -OCH3 is 1. The molecule has 1 amide bonds. The number of ether oxygens (including phenoxy) is 1. The van der Waals surface area contributed by atoms with Gasteiger partial charge in [0.05, 0.1) is 35.5 Å². The summed E-state index contributed by atoms with van der Waals surface area (Å²) in [5.74, 6) is -0.480. The number of nitrogens with one attached hydrogen (secondary N) is 2. The number of thioether (sulfide) groups is 1. The number of phenolic OH excluding ortho intramolecular Hbond substituents is 1. The molecule has 0 aromatic heterocycles. The molecular weight excluding hydrogens is 486 g/mol. The third-order valence-electron chi connectivity index (χ3n) is 6.61. The molecule has 3 N–H and O–H groups in total. The second kappa shape index (κ2) is 10.4. The second-order valence-electron chi connectivity index (χ2n) is 8.88. The van der Waals surface area contributed by atoms with E-state index in [1.165, 1.54) is 24.9 Å². The number of Topliss-reactive ketones (excluding diaryl/α,β-unsaturated/α-hetero) is 1. The molecular formula is C29H25N3O4S. The number of hydrogen-bond acceptors (Lipinski definition) is 7. The second-order valence-corrected chi connectivity index (χ2v) is 9.86. The van der Waals surface area contributed by atoms with Crippen LogP contribution in [-0.2, 0) is 9.59 Å². The van der Waals surface area contributed by atoms with Gasteiger partial charge in [0.2, 0.25) is 5.91 Å². The smallest absolute Gasteiger partial charge is 0.234 e. The van der Waals surface area contributed by atoms with Gasteiger partial charge in [0.25, 0.3) is 0 Å². The van der Waals surface area contributed by atoms with Gasteiger partial charge in [-0.1, -0.05) is 54.2 Å². The van der Waals surface area contributed by atoms with E-state index >= 15 is 0 Å². The number of rotatable bonds is 6. The van der Waals surface area contributed by atoms with E-state index in [0.717, 1.165) is 28.6 Å². The predicted octanol–water partition coefficient (Wildman–Crippen LogP) is 5.35. The van der Waals surface area contributed by atoms with E-state index in [4.69, 9.17) is 4.74 Å². The molecule has 186 valence electrons. The lowest BCUT2D eigenvalue weighted by atomic mass is 9.77. The summed E-state index contributed by atoms with van der Waals surface area (Å²) in [4.78, 5) is 25.9. The minimum atomic E-state index is -0.604. The number of ketones is 1. The van der Waals surface area contributed by atoms with E-state index in [1.807, 2.05) is 42.5 Å². The molecule has 0 bridgehead atoms. The predicted molar refractivity (Wildman–Crippen MR) is 144 cm³/mol. The lowest BCUT2D eigenvalue weighted by Crippen LogP contribution is -2.31. The molecule has 7 nitrogen and oxygen atoms in total. The zero-order valence-corrected chi connectivity index (χ0v) is 21.0. The Balaban J connectivity index is 1.44. The highest BCUT2D eigenvalue weighted by atomic mass is 32.2. The Morgan fingerprint density at radius 2 is 2.00 bits per heavy atom. The summed E-state index contributed by atoms with van der Waals surface area (Å²) >= 11 is 1.24. The molecule has 3 aromatic rings. The van der Waals surface area contributed by atoms with Gasteiger partial charge in [-0.05, 0) is 42.0 Å². The van der Waals surface area contributed by atoms with Crippen LogP contribution in [0.15, 0.2) is 82.5 Å². The van der Waals surface area contributed by atoms with Crippen LogP contribution in [0.5, 0.6) is 11.5 Å². The van der Waals surface area contributed by atoms with Crippen LogP contribution in [0.1, 0.15) is 30.7 Å². The first-order valence-electron chi connectivity index (χ1n) is 11.9. The van der Waals surface area contributed by atoms with Crippen LogP contribution in [0.4, 0.5) is 5.69 Å². The Kier molecular flexibility index (Phi) is 6.89. The SMILES string of the molecule is COc1cc([C@@H]2C(C#N)=C(SCC(=O)Nc3cccc4ccccc34)NC3=C2C(=O)CCC3)ccc1O. The summed E-state index contributed by atoms with van der Waals surface area (Å²) in [7, 11) is 1.45. The van der Waals surface area contributed by atoms with Crippen LogP contribution in [0, 0.1) is 11.3 Å². The number of carbonyl (C=O) groups excluding carboxylic acids is 2. The van der Waals surface area contributed by atoms with Crippen molar-refractivity contribution in [2.24, 2.45) is 0 Å². The van der Waals surface area contributed by atoms with Gasteiger partial charge in [-0.25, -0.2) is 0 Å². The molecule has 1 aliphatic carbocycles. The van der Waals surface area contributed by atoms with Crippen LogP contribution in [0.2, 0.25) is 0 Å². The number of nitriles is 1. The number of hydrogen-bond donors (Lipinski definition) is 3. The Labute approximate surface area is 218 Å². The van der Waals surface area contributed by atoms with Crippen molar-refractivity contribution >= 4 is 39.9 Å². The monoisotopic (exact) mass is 511 g/mol. The van der Waals surface area contributed by atoms with Gasteiger partial charge in [0.15, 0.2) is 17.3 Å². The van der Waals surface area contributed by atoms with Crippen LogP contribution in [-0.4, -0.2) is 29.7 Å². The highest BCUT2D eigenvalue weighted by molar-refractivity contribution is 8.03. The maximum atomic E-state index is 13.0. The highest BCUT2D eigenvalue weighted by Crippen LogP contribution is 2.45. The first-order valence-corrected chi connectivity index (χ1v) is 12.9. The van der Waals surface area contributed by atoms with E-state index in [0.29, 0.717) is 34.6 Å². The minimum Gasteiger partial charge on any atom is -0.504 e. The van der Waals surface area contributed by atoms with Crippen LogP contribution >= 0.6 is 11.8 Å². The zero-order chi connectivity index (χ0) is 25.9. The quantitative estimate of drug-likeness (QED) is 0.409. The summed E-state index contributed by atoms with van der Waals surface area (Å²) in [6.45, 7) is 0. The Hall–Kier alpha value is -4.22. The van der Waals surface area contributed by atoms with Crippen molar-refractivity contribution in [1.29, 1.82) is 5.26 Å². The molecule has 1 aliphatic heterocycles. The maximum Gasteiger partial charge on any atom is 0.234 e. The molecule has 37 heavy (non-hydrogen) atoms. The van der Waals surface area contributed by atoms with E-state index < -0.39 is 5.92 Å². The standard InChI is InChI=1S/C29H25N3O4S/c1-36-25-14-18(12-13-23(25)33)27-20(15-30)29(32-22-10-5-11-24(34)28(22)27)37-16-26(35)31-21-9-4-7-17-6-2-3-8-19(17)21/h2-4,6-9,12-14,27,32-33H,5,10-11,16H2,1H3,(H,31,35)/t27-/m1/s1. The van der Waals surface area contributed by atoms with Gasteiger partial charge in [-0.2, -0.15) is 5.26 Å². The van der Waals surface area contributed by atoms with E-state index in [-0.39, 0.29) is 28.9 Å². The molecule has 3 aromatic carbocycles. The molecule has 5 rings (SSSR count). The largest absolute Gasteiger partial charge is 0.504 e. The number of dihydropyridines is 1. The summed E-state index contributed by atoms with van der Waals surface area (Å²) in [5.41, 5.74) is 3.12. The molecule has 0 unspecified atom stereocenters. The molecule has 0 saturated heterocycles. The van der Waals surface area contributed by atoms with Crippen LogP contribution in [0.3, 0.4) is 0 Å². The Bertz CT molecular complexity index is 1510. The van der Waals surface area contributed by atoms with Gasteiger partial charge < -0.3 is 20.5 Å². The fourth-order valence-corrected chi connectivity index (χ4v) is 5.76. The molecule has 2 aliphatic rings. The molecule has 1 heterocycles. The molecule has 0 saturated carbocycles. The first-order chi connectivity index (χ1) is 18.0. The average molecular weight is 512 g/mol. The number of phenols is 1. The number of fused-ring (bicyclic) bond motifs is 1. The summed E-state index contributed by atoms with van der Waals surface area (Å²) in [5, 5.41) is 29.1. The third kappa shape index (κ3) is 4.78. The number of aromatic hydroxyl groups is 1. The van der Waals surface area contributed by atoms with Gasteiger partial charge in [-0.15, -0.1) is 0 Å². The average Bonchev–Trinajstić information content (AvgIpc) is 2.92. The lowest BCUT2D eigenvalue weighted by Gasteiger charge is -2.33. The minimum absolute atomic E-state index is 0.00343. The molecule has 1 atom stereocenters. The first kappa shape index (κ1) is 24.5. The number of amides is 1.